The first-order valence-electron chi connectivity index (χ1n) is 5.70. The molecule has 18 heavy (non-hydrogen) atoms. The summed E-state index contributed by atoms with van der Waals surface area (Å²) in [6.07, 6.45) is 0. The summed E-state index contributed by atoms with van der Waals surface area (Å²) >= 11 is 0. The maximum Gasteiger partial charge on any atom is 0.259 e. The fourth-order valence-corrected chi connectivity index (χ4v) is 3.00. The van der Waals surface area contributed by atoms with Crippen molar-refractivity contribution in [3.05, 3.63) is 23.8 Å². The van der Waals surface area contributed by atoms with E-state index in [1.54, 1.807) is 23.1 Å². The average Bonchev–Trinajstić information content (AvgIpc) is 2.38. The highest BCUT2D eigenvalue weighted by molar-refractivity contribution is 7.85. The molecule has 1 amide bonds. The number of carbonyl (C=O) groups is 1. The molecule has 0 spiro atoms. The second-order valence-corrected chi connectivity index (χ2v) is 5.76. The minimum atomic E-state index is -0.803. The van der Waals surface area contributed by atoms with E-state index in [4.69, 9.17) is 10.5 Å². The highest BCUT2D eigenvalue weighted by Gasteiger charge is 2.25. The van der Waals surface area contributed by atoms with E-state index in [1.807, 2.05) is 0 Å². The summed E-state index contributed by atoms with van der Waals surface area (Å²) in [5.41, 5.74) is 6.65. The SMILES string of the molecule is COc1cccc(N)c1C(=O)N1CCS(=O)CC1. The zero-order valence-electron chi connectivity index (χ0n) is 10.2. The number of amides is 1. The minimum absolute atomic E-state index is 0.151. The molecule has 2 rings (SSSR count). The number of hydrogen-bond acceptors (Lipinski definition) is 4. The van der Waals surface area contributed by atoms with Gasteiger partial charge in [0.05, 0.1) is 7.11 Å². The molecular weight excluding hydrogens is 252 g/mol. The van der Waals surface area contributed by atoms with Crippen molar-refractivity contribution in [3.8, 4) is 5.75 Å². The molecule has 0 aromatic heterocycles. The van der Waals surface area contributed by atoms with Crippen molar-refractivity contribution in [1.82, 2.24) is 4.90 Å². The zero-order chi connectivity index (χ0) is 13.1. The Morgan fingerprint density at radius 3 is 2.67 bits per heavy atom. The number of benzene rings is 1. The standard InChI is InChI=1S/C12H16N2O3S/c1-17-10-4-2-3-9(13)11(10)12(15)14-5-7-18(16)8-6-14/h2-4H,5-8,13H2,1H3. The van der Waals surface area contributed by atoms with Crippen molar-refractivity contribution < 1.29 is 13.7 Å². The quantitative estimate of drug-likeness (QED) is 0.792. The maximum atomic E-state index is 12.4. The van der Waals surface area contributed by atoms with Gasteiger partial charge in [-0.3, -0.25) is 9.00 Å². The summed E-state index contributed by atoms with van der Waals surface area (Å²) < 4.78 is 16.5. The molecule has 0 unspecified atom stereocenters. The maximum absolute atomic E-state index is 12.4. The number of nitrogens with zero attached hydrogens (tertiary/aromatic N) is 1. The van der Waals surface area contributed by atoms with E-state index in [9.17, 15) is 9.00 Å². The van der Waals surface area contributed by atoms with Crippen molar-refractivity contribution in [2.45, 2.75) is 0 Å². The summed E-state index contributed by atoms with van der Waals surface area (Å²) in [7, 11) is 0.708. The van der Waals surface area contributed by atoms with Gasteiger partial charge in [-0.05, 0) is 12.1 Å². The number of carbonyl (C=O) groups excluding carboxylic acids is 1. The van der Waals surface area contributed by atoms with E-state index in [1.165, 1.54) is 7.11 Å². The molecule has 6 heteroatoms. The smallest absolute Gasteiger partial charge is 0.259 e. The second-order valence-electron chi connectivity index (χ2n) is 4.06. The van der Waals surface area contributed by atoms with Gasteiger partial charge in [-0.25, -0.2) is 0 Å². The van der Waals surface area contributed by atoms with Crippen LogP contribution < -0.4 is 10.5 Å². The van der Waals surface area contributed by atoms with E-state index in [2.05, 4.69) is 0 Å². The second kappa shape index (κ2) is 5.39. The summed E-state index contributed by atoms with van der Waals surface area (Å²) in [4.78, 5) is 14.1. The van der Waals surface area contributed by atoms with Crippen molar-refractivity contribution >= 4 is 22.4 Å². The van der Waals surface area contributed by atoms with Gasteiger partial charge in [0.2, 0.25) is 0 Å². The minimum Gasteiger partial charge on any atom is -0.496 e. The molecule has 1 saturated heterocycles. The van der Waals surface area contributed by atoms with Crippen LogP contribution in [0.1, 0.15) is 10.4 Å². The third-order valence-corrected chi connectivity index (χ3v) is 4.23. The van der Waals surface area contributed by atoms with E-state index >= 15 is 0 Å². The van der Waals surface area contributed by atoms with E-state index in [-0.39, 0.29) is 5.91 Å². The van der Waals surface area contributed by atoms with Crippen LogP contribution in [0, 0.1) is 0 Å². The Bertz CT molecular complexity index is 480. The number of anilines is 1. The number of hydrogen-bond donors (Lipinski definition) is 1. The monoisotopic (exact) mass is 268 g/mol. The largest absolute Gasteiger partial charge is 0.496 e. The van der Waals surface area contributed by atoms with Crippen LogP contribution in [0.5, 0.6) is 5.75 Å². The Balaban J connectivity index is 2.26. The lowest BCUT2D eigenvalue weighted by atomic mass is 10.1. The molecule has 1 aliphatic rings. The normalized spacial score (nSPS) is 16.6. The fourth-order valence-electron chi connectivity index (χ4n) is 1.95. The van der Waals surface area contributed by atoms with Crippen LogP contribution in [0.2, 0.25) is 0 Å². The fraction of sp³-hybridized carbons (Fsp3) is 0.417. The van der Waals surface area contributed by atoms with E-state index in [0.29, 0.717) is 41.6 Å². The van der Waals surface area contributed by atoms with Gasteiger partial charge in [0.25, 0.3) is 5.91 Å². The third-order valence-electron chi connectivity index (χ3n) is 2.96. The number of nitrogen functional groups attached to an aromatic ring is 1. The first-order valence-corrected chi connectivity index (χ1v) is 7.19. The number of rotatable bonds is 2. The van der Waals surface area contributed by atoms with Gasteiger partial charge in [0.15, 0.2) is 0 Å². The summed E-state index contributed by atoms with van der Waals surface area (Å²) in [5.74, 6) is 1.38. The molecule has 0 aliphatic carbocycles. The van der Waals surface area contributed by atoms with Crippen LogP contribution in [0.25, 0.3) is 0 Å². The van der Waals surface area contributed by atoms with Crippen LogP contribution in [-0.2, 0) is 10.8 Å². The molecule has 2 N–H and O–H groups in total. The molecule has 1 aromatic carbocycles. The Kier molecular flexibility index (Phi) is 3.86. The Hall–Kier alpha value is -1.56. The van der Waals surface area contributed by atoms with Crippen LogP contribution in [0.3, 0.4) is 0 Å². The first-order chi connectivity index (χ1) is 8.63. The molecule has 5 nitrogen and oxygen atoms in total. The first kappa shape index (κ1) is 12.9. The van der Waals surface area contributed by atoms with E-state index in [0.717, 1.165) is 0 Å². The predicted octanol–water partition coefficient (Wildman–Crippen LogP) is 0.482. The lowest BCUT2D eigenvalue weighted by Crippen LogP contribution is -2.42. The van der Waals surface area contributed by atoms with Crippen LogP contribution in [0.15, 0.2) is 18.2 Å². The lowest BCUT2D eigenvalue weighted by Gasteiger charge is -2.27. The Morgan fingerprint density at radius 2 is 2.06 bits per heavy atom. The Labute approximate surface area is 108 Å². The molecular formula is C12H16N2O3S. The van der Waals surface area contributed by atoms with Gasteiger partial charge >= 0.3 is 0 Å². The lowest BCUT2D eigenvalue weighted by molar-refractivity contribution is 0.0769. The topological polar surface area (TPSA) is 72.6 Å². The van der Waals surface area contributed by atoms with Gasteiger partial charge in [-0.15, -0.1) is 0 Å². The molecule has 1 aromatic rings. The molecule has 0 bridgehead atoms. The van der Waals surface area contributed by atoms with Gasteiger partial charge < -0.3 is 15.4 Å². The Morgan fingerprint density at radius 1 is 1.39 bits per heavy atom. The summed E-state index contributed by atoms with van der Waals surface area (Å²) in [5, 5.41) is 0. The van der Waals surface area contributed by atoms with Crippen LogP contribution in [-0.4, -0.2) is 46.7 Å². The molecule has 1 aliphatic heterocycles. The highest BCUT2D eigenvalue weighted by Crippen LogP contribution is 2.26. The average molecular weight is 268 g/mol. The number of methoxy groups -OCH3 is 1. The number of ether oxygens (including phenoxy) is 1. The molecule has 1 heterocycles. The van der Waals surface area contributed by atoms with E-state index < -0.39 is 10.8 Å². The van der Waals surface area contributed by atoms with Crippen LogP contribution in [0.4, 0.5) is 5.69 Å². The van der Waals surface area contributed by atoms with Crippen molar-refractivity contribution in [2.75, 3.05) is 37.4 Å². The number of nitrogens with two attached hydrogens (primary N) is 1. The summed E-state index contributed by atoms with van der Waals surface area (Å²) in [6.45, 7) is 1.01. The molecule has 0 radical (unpaired) electrons. The van der Waals surface area contributed by atoms with Crippen molar-refractivity contribution in [3.63, 3.8) is 0 Å². The van der Waals surface area contributed by atoms with Crippen molar-refractivity contribution in [1.29, 1.82) is 0 Å². The molecule has 0 saturated carbocycles. The molecule has 98 valence electrons. The van der Waals surface area contributed by atoms with Gasteiger partial charge in [-0.2, -0.15) is 0 Å². The predicted molar refractivity (Wildman–Crippen MR) is 71.2 cm³/mol. The molecule has 0 atom stereocenters. The highest BCUT2D eigenvalue weighted by atomic mass is 32.2. The summed E-state index contributed by atoms with van der Waals surface area (Å²) in [6, 6.07) is 5.14. The van der Waals surface area contributed by atoms with Gasteiger partial charge in [0.1, 0.15) is 11.3 Å². The molecule has 1 fully saturated rings. The van der Waals surface area contributed by atoms with Crippen molar-refractivity contribution in [2.24, 2.45) is 0 Å². The van der Waals surface area contributed by atoms with Crippen LogP contribution >= 0.6 is 0 Å². The third kappa shape index (κ3) is 2.48. The van der Waals surface area contributed by atoms with Gasteiger partial charge in [-0.1, -0.05) is 6.07 Å². The van der Waals surface area contributed by atoms with Gasteiger partial charge in [0, 0.05) is 41.1 Å². The zero-order valence-corrected chi connectivity index (χ0v) is 11.0.